The number of sulfonamides is 1. The monoisotopic (exact) mass is 315 g/mol. The van der Waals surface area contributed by atoms with Crippen molar-refractivity contribution >= 4 is 15.9 Å². The Morgan fingerprint density at radius 3 is 2.43 bits per heavy atom. The summed E-state index contributed by atoms with van der Waals surface area (Å²) in [5.41, 5.74) is 0.313. The number of likely N-dealkylation sites (tertiary alicyclic amines) is 1. The zero-order chi connectivity index (χ0) is 15.8. The Bertz CT molecular complexity index is 628. The molecule has 0 bridgehead atoms. The van der Waals surface area contributed by atoms with Gasteiger partial charge in [0.1, 0.15) is 10.6 Å². The van der Waals surface area contributed by atoms with E-state index in [1.165, 1.54) is 26.0 Å². The summed E-state index contributed by atoms with van der Waals surface area (Å²) in [7, 11) is -1.93. The molecule has 0 spiro atoms. The average Bonchev–Trinajstić information content (AvgIpc) is 2.78. The van der Waals surface area contributed by atoms with Crippen molar-refractivity contribution in [2.75, 3.05) is 26.2 Å². The molecule has 0 saturated carbocycles. The molecule has 1 amide bonds. The molecule has 0 radical (unpaired) electrons. The van der Waals surface area contributed by atoms with Gasteiger partial charge < -0.3 is 14.6 Å². The Balaban J connectivity index is 2.29. The van der Waals surface area contributed by atoms with Gasteiger partial charge in [-0.3, -0.25) is 4.79 Å². The van der Waals surface area contributed by atoms with Crippen LogP contribution in [0.3, 0.4) is 0 Å². The molecule has 1 saturated heterocycles. The highest BCUT2D eigenvalue weighted by atomic mass is 32.2. The maximum atomic E-state index is 12.4. The topological polar surface area (TPSA) is 82.8 Å². The highest BCUT2D eigenvalue weighted by Gasteiger charge is 2.32. The van der Waals surface area contributed by atoms with E-state index in [1.54, 1.807) is 20.9 Å². The second kappa shape index (κ2) is 5.78. The standard InChI is InChI=1S/C13H21N3O4S/c1-4-16(5-2)21(19,20)11-6-12(14(3)9-11)13(18)15-7-10(17)8-15/h6,9-10,17H,4-5,7-8H2,1-3H3. The molecule has 1 aromatic heterocycles. The summed E-state index contributed by atoms with van der Waals surface area (Å²) in [6.45, 7) is 4.91. The number of hydrogen-bond donors (Lipinski definition) is 1. The van der Waals surface area contributed by atoms with Crippen molar-refractivity contribution in [2.45, 2.75) is 24.8 Å². The molecule has 0 unspecified atom stereocenters. The first kappa shape index (κ1) is 16.0. The number of nitrogens with zero attached hydrogens (tertiary/aromatic N) is 3. The molecule has 21 heavy (non-hydrogen) atoms. The number of β-amino-alcohol motifs (C(OH)–C–C–N with tert-alkyl or cyclic N) is 1. The Morgan fingerprint density at radius 1 is 1.38 bits per heavy atom. The Morgan fingerprint density at radius 2 is 1.95 bits per heavy atom. The molecule has 8 heteroatoms. The van der Waals surface area contributed by atoms with E-state index in [1.807, 2.05) is 0 Å². The summed E-state index contributed by atoms with van der Waals surface area (Å²) in [6.07, 6.45) is 0.977. The van der Waals surface area contributed by atoms with Gasteiger partial charge in [-0.15, -0.1) is 0 Å². The van der Waals surface area contributed by atoms with Gasteiger partial charge in [-0.2, -0.15) is 4.31 Å². The number of aryl methyl sites for hydroxylation is 1. The number of rotatable bonds is 5. The fraction of sp³-hybridized carbons (Fsp3) is 0.615. The predicted octanol–water partition coefficient (Wildman–Crippen LogP) is -0.128. The van der Waals surface area contributed by atoms with Crippen molar-refractivity contribution in [3.05, 3.63) is 18.0 Å². The van der Waals surface area contributed by atoms with Crippen LogP contribution in [-0.4, -0.2) is 65.5 Å². The second-order valence-electron chi connectivity index (χ2n) is 5.13. The maximum Gasteiger partial charge on any atom is 0.270 e. The van der Waals surface area contributed by atoms with Gasteiger partial charge in [-0.25, -0.2) is 8.42 Å². The van der Waals surface area contributed by atoms with Gasteiger partial charge in [0.15, 0.2) is 0 Å². The average molecular weight is 315 g/mol. The van der Waals surface area contributed by atoms with Crippen molar-refractivity contribution < 1.29 is 18.3 Å². The molecule has 1 aromatic rings. The van der Waals surface area contributed by atoms with E-state index < -0.39 is 16.1 Å². The quantitative estimate of drug-likeness (QED) is 0.821. The fourth-order valence-electron chi connectivity index (χ4n) is 2.38. The molecule has 7 nitrogen and oxygen atoms in total. The van der Waals surface area contributed by atoms with Crippen molar-refractivity contribution in [1.29, 1.82) is 0 Å². The molecule has 118 valence electrons. The van der Waals surface area contributed by atoms with Crippen molar-refractivity contribution in [3.63, 3.8) is 0 Å². The van der Waals surface area contributed by atoms with Crippen LogP contribution in [0.25, 0.3) is 0 Å². The minimum Gasteiger partial charge on any atom is -0.389 e. The highest BCUT2D eigenvalue weighted by molar-refractivity contribution is 7.89. The van der Waals surface area contributed by atoms with Gasteiger partial charge in [0, 0.05) is 39.4 Å². The van der Waals surface area contributed by atoms with Crippen LogP contribution >= 0.6 is 0 Å². The summed E-state index contributed by atoms with van der Waals surface area (Å²) in [5.74, 6) is -0.260. The van der Waals surface area contributed by atoms with E-state index in [0.717, 1.165) is 0 Å². The summed E-state index contributed by atoms with van der Waals surface area (Å²) in [5, 5.41) is 9.25. The van der Waals surface area contributed by atoms with E-state index in [0.29, 0.717) is 31.9 Å². The Labute approximate surface area is 124 Å². The van der Waals surface area contributed by atoms with Gasteiger partial charge in [0.25, 0.3) is 5.91 Å². The molecule has 0 aliphatic carbocycles. The summed E-state index contributed by atoms with van der Waals surface area (Å²) in [4.78, 5) is 13.8. The van der Waals surface area contributed by atoms with Gasteiger partial charge in [-0.05, 0) is 6.07 Å². The Hall–Kier alpha value is -1.38. The molecule has 0 atom stereocenters. The Kier molecular flexibility index (Phi) is 4.40. The smallest absolute Gasteiger partial charge is 0.270 e. The van der Waals surface area contributed by atoms with Crippen LogP contribution in [0.2, 0.25) is 0 Å². The maximum absolute atomic E-state index is 12.4. The number of hydrogen-bond acceptors (Lipinski definition) is 4. The minimum atomic E-state index is -3.57. The molecule has 1 fully saturated rings. The van der Waals surface area contributed by atoms with E-state index in [2.05, 4.69) is 0 Å². The lowest BCUT2D eigenvalue weighted by molar-refractivity contribution is 0.00526. The van der Waals surface area contributed by atoms with Crippen LogP contribution < -0.4 is 0 Å². The summed E-state index contributed by atoms with van der Waals surface area (Å²) in [6, 6.07) is 1.40. The zero-order valence-corrected chi connectivity index (χ0v) is 13.3. The predicted molar refractivity (Wildman–Crippen MR) is 77.4 cm³/mol. The lowest BCUT2D eigenvalue weighted by Crippen LogP contribution is -2.53. The molecule has 2 heterocycles. The van der Waals surface area contributed by atoms with Gasteiger partial charge >= 0.3 is 0 Å². The number of aliphatic hydroxyl groups is 1. The summed E-state index contributed by atoms with van der Waals surface area (Å²) >= 11 is 0. The van der Waals surface area contributed by atoms with Crippen LogP contribution in [0.5, 0.6) is 0 Å². The number of carbonyl (C=O) groups excluding carboxylic acids is 1. The number of aliphatic hydroxyl groups excluding tert-OH is 1. The third-order valence-electron chi connectivity index (χ3n) is 3.69. The summed E-state index contributed by atoms with van der Waals surface area (Å²) < 4.78 is 27.7. The lowest BCUT2D eigenvalue weighted by Gasteiger charge is -2.35. The third-order valence-corrected chi connectivity index (χ3v) is 5.71. The fourth-order valence-corrected chi connectivity index (χ4v) is 3.91. The highest BCUT2D eigenvalue weighted by Crippen LogP contribution is 2.21. The van der Waals surface area contributed by atoms with Crippen LogP contribution in [0.15, 0.2) is 17.2 Å². The van der Waals surface area contributed by atoms with Crippen LogP contribution in [0.1, 0.15) is 24.3 Å². The first-order valence-corrected chi connectivity index (χ1v) is 8.39. The van der Waals surface area contributed by atoms with Gasteiger partial charge in [0.05, 0.1) is 6.10 Å². The number of aromatic nitrogens is 1. The van der Waals surface area contributed by atoms with Crippen LogP contribution in [-0.2, 0) is 17.1 Å². The lowest BCUT2D eigenvalue weighted by atomic mass is 10.1. The van der Waals surface area contributed by atoms with Crippen molar-refractivity contribution in [2.24, 2.45) is 7.05 Å². The molecule has 2 rings (SSSR count). The first-order valence-electron chi connectivity index (χ1n) is 6.95. The van der Waals surface area contributed by atoms with Crippen molar-refractivity contribution in [1.82, 2.24) is 13.8 Å². The zero-order valence-electron chi connectivity index (χ0n) is 12.5. The van der Waals surface area contributed by atoms with Crippen LogP contribution in [0, 0.1) is 0 Å². The molecule has 1 aliphatic rings. The molecule has 1 aliphatic heterocycles. The largest absolute Gasteiger partial charge is 0.389 e. The van der Waals surface area contributed by atoms with Gasteiger partial charge in [0.2, 0.25) is 10.0 Å². The molecule has 1 N–H and O–H groups in total. The molecular weight excluding hydrogens is 294 g/mol. The SMILES string of the molecule is CCN(CC)S(=O)(=O)c1cc(C(=O)N2CC(O)C2)n(C)c1. The second-order valence-corrected chi connectivity index (χ2v) is 7.06. The number of carbonyl (C=O) groups is 1. The third kappa shape index (κ3) is 2.83. The van der Waals surface area contributed by atoms with E-state index in [4.69, 9.17) is 0 Å². The number of amides is 1. The molecule has 0 aromatic carbocycles. The van der Waals surface area contributed by atoms with Crippen molar-refractivity contribution in [3.8, 4) is 0 Å². The van der Waals surface area contributed by atoms with Gasteiger partial charge in [-0.1, -0.05) is 13.8 Å². The minimum absolute atomic E-state index is 0.123. The van der Waals surface area contributed by atoms with E-state index in [9.17, 15) is 18.3 Å². The van der Waals surface area contributed by atoms with E-state index in [-0.39, 0.29) is 10.8 Å². The first-order chi connectivity index (χ1) is 9.81. The molecular formula is C13H21N3O4S. The van der Waals surface area contributed by atoms with E-state index >= 15 is 0 Å². The van der Waals surface area contributed by atoms with Crippen LogP contribution in [0.4, 0.5) is 0 Å². The normalized spacial score (nSPS) is 16.3.